The third-order valence-electron chi connectivity index (χ3n) is 3.88. The van der Waals surface area contributed by atoms with E-state index in [9.17, 15) is 28.8 Å². The Morgan fingerprint density at radius 3 is 1.64 bits per heavy atom. The predicted molar refractivity (Wildman–Crippen MR) is 101 cm³/mol. The molecule has 0 aliphatic heterocycles. The molecule has 0 unspecified atom stereocenters. The Morgan fingerprint density at radius 2 is 1.14 bits per heavy atom. The summed E-state index contributed by atoms with van der Waals surface area (Å²) in [5.41, 5.74) is 0. The van der Waals surface area contributed by atoms with Crippen LogP contribution in [0.5, 0.6) is 0 Å². The fourth-order valence-electron chi connectivity index (χ4n) is 2.18. The number of rotatable bonds is 15. The van der Waals surface area contributed by atoms with Gasteiger partial charge in [0.1, 0.15) is 17.3 Å². The molecule has 0 radical (unpaired) electrons. The molecule has 0 aromatic carbocycles. The summed E-state index contributed by atoms with van der Waals surface area (Å²) in [6.07, 6.45) is 0.506. The minimum atomic E-state index is -0.514. The van der Waals surface area contributed by atoms with Gasteiger partial charge in [-0.3, -0.25) is 33.7 Å². The van der Waals surface area contributed by atoms with Crippen LogP contribution < -0.4 is 16.0 Å². The van der Waals surface area contributed by atoms with Crippen molar-refractivity contribution >= 4 is 35.1 Å². The number of amides is 3. The molecule has 0 aliphatic rings. The highest BCUT2D eigenvalue weighted by molar-refractivity contribution is 5.90. The second kappa shape index (κ2) is 14.4. The van der Waals surface area contributed by atoms with Gasteiger partial charge in [0, 0.05) is 46.2 Å². The van der Waals surface area contributed by atoms with E-state index in [1.165, 1.54) is 19.0 Å². The maximum absolute atomic E-state index is 12.1. The Hall–Kier alpha value is -2.62. The number of likely N-dealkylation sites (N-methyl/N-ethyl adjacent to an activating group) is 1. The van der Waals surface area contributed by atoms with Gasteiger partial charge in [0.15, 0.2) is 0 Å². The molecule has 0 saturated carbocycles. The van der Waals surface area contributed by atoms with Crippen molar-refractivity contribution < 1.29 is 28.8 Å². The van der Waals surface area contributed by atoms with E-state index in [-0.39, 0.29) is 81.0 Å². The molecule has 0 spiro atoms. The van der Waals surface area contributed by atoms with Crippen LogP contribution in [0.25, 0.3) is 0 Å². The van der Waals surface area contributed by atoms with Crippen LogP contribution in [-0.4, -0.2) is 80.2 Å². The van der Waals surface area contributed by atoms with E-state index in [4.69, 9.17) is 0 Å². The molecule has 28 heavy (non-hydrogen) atoms. The molecule has 3 N–H and O–H groups in total. The van der Waals surface area contributed by atoms with Gasteiger partial charge in [0.2, 0.25) is 17.7 Å². The van der Waals surface area contributed by atoms with Crippen molar-refractivity contribution in [3.63, 3.8) is 0 Å². The van der Waals surface area contributed by atoms with Crippen molar-refractivity contribution in [1.82, 2.24) is 20.9 Å². The van der Waals surface area contributed by atoms with Crippen molar-refractivity contribution in [2.24, 2.45) is 0 Å². The van der Waals surface area contributed by atoms with E-state index in [1.54, 1.807) is 6.92 Å². The summed E-state index contributed by atoms with van der Waals surface area (Å²) >= 11 is 0. The summed E-state index contributed by atoms with van der Waals surface area (Å²) in [7, 11) is 2.90. The normalized spacial score (nSPS) is 10.3. The zero-order valence-corrected chi connectivity index (χ0v) is 16.8. The number of hydrogen-bond acceptors (Lipinski definition) is 7. The Balaban J connectivity index is 4.75. The van der Waals surface area contributed by atoms with E-state index in [0.29, 0.717) is 6.42 Å². The summed E-state index contributed by atoms with van der Waals surface area (Å²) in [6, 6.07) is 0. The monoisotopic (exact) mass is 398 g/mol. The molecule has 0 heterocycles. The Kier molecular flexibility index (Phi) is 13.1. The summed E-state index contributed by atoms with van der Waals surface area (Å²) in [6.45, 7) is 0.887. The van der Waals surface area contributed by atoms with Crippen molar-refractivity contribution in [2.45, 2.75) is 39.0 Å². The lowest BCUT2D eigenvalue weighted by molar-refractivity contribution is -0.130. The first-order valence-electron chi connectivity index (χ1n) is 9.17. The lowest BCUT2D eigenvalue weighted by atomic mass is 10.1. The second-order valence-electron chi connectivity index (χ2n) is 6.24. The maximum Gasteiger partial charge on any atom is 0.239 e. The summed E-state index contributed by atoms with van der Waals surface area (Å²) in [5.74, 6) is -1.77. The molecular weight excluding hydrogens is 368 g/mol. The Labute approximate surface area is 164 Å². The van der Waals surface area contributed by atoms with Gasteiger partial charge < -0.3 is 16.0 Å². The fourth-order valence-corrected chi connectivity index (χ4v) is 2.18. The van der Waals surface area contributed by atoms with E-state index in [1.807, 2.05) is 0 Å². The summed E-state index contributed by atoms with van der Waals surface area (Å²) in [4.78, 5) is 71.3. The molecule has 10 heteroatoms. The van der Waals surface area contributed by atoms with Gasteiger partial charge in [-0.1, -0.05) is 6.92 Å². The van der Waals surface area contributed by atoms with Gasteiger partial charge in [0.25, 0.3) is 0 Å². The molecule has 3 amide bonds. The summed E-state index contributed by atoms with van der Waals surface area (Å²) in [5, 5.41) is 7.16. The highest BCUT2D eigenvalue weighted by Gasteiger charge is 2.19. The number of ketones is 3. The van der Waals surface area contributed by atoms with Crippen LogP contribution in [0.1, 0.15) is 39.0 Å². The topological polar surface area (TPSA) is 142 Å². The average molecular weight is 398 g/mol. The van der Waals surface area contributed by atoms with E-state index in [0.717, 1.165) is 0 Å². The zero-order valence-electron chi connectivity index (χ0n) is 16.8. The van der Waals surface area contributed by atoms with E-state index in [2.05, 4.69) is 16.0 Å². The number of hydrogen-bond donors (Lipinski definition) is 3. The molecule has 0 atom stereocenters. The van der Waals surface area contributed by atoms with Gasteiger partial charge in [-0.15, -0.1) is 0 Å². The lowest BCUT2D eigenvalue weighted by Crippen LogP contribution is -2.44. The molecule has 0 fully saturated rings. The number of nitrogens with one attached hydrogen (secondary N) is 3. The first-order valence-corrected chi connectivity index (χ1v) is 9.17. The molecule has 0 aliphatic carbocycles. The van der Waals surface area contributed by atoms with Crippen LogP contribution in [0.15, 0.2) is 0 Å². The molecule has 0 saturated heterocycles. The van der Waals surface area contributed by atoms with Crippen molar-refractivity contribution in [3.05, 3.63) is 0 Å². The third kappa shape index (κ3) is 12.7. The van der Waals surface area contributed by atoms with Gasteiger partial charge in [0.05, 0.1) is 26.2 Å². The molecule has 0 rings (SSSR count). The molecule has 0 aromatic heterocycles. The van der Waals surface area contributed by atoms with Crippen molar-refractivity contribution in [2.75, 3.05) is 40.3 Å². The standard InChI is InChI=1S/C18H30N4O6/c1-4-13(23)5-6-14(24)10-22(11-15(25)7-8-16(26)19-2)12-18(28)21-9-17(27)20-3/h4-12H2,1-3H3,(H,19,26)(H,20,27)(H,21,28). The number of carbonyl (C=O) groups is 6. The quantitative estimate of drug-likeness (QED) is 0.307. The minimum Gasteiger partial charge on any atom is -0.359 e. The van der Waals surface area contributed by atoms with Gasteiger partial charge in [-0.05, 0) is 0 Å². The Morgan fingerprint density at radius 1 is 0.643 bits per heavy atom. The van der Waals surface area contributed by atoms with Gasteiger partial charge in [-0.25, -0.2) is 0 Å². The Bertz CT molecular complexity index is 510. The first-order chi connectivity index (χ1) is 13.2. The predicted octanol–water partition coefficient (Wildman–Crippen LogP) is -1.43. The molecule has 0 bridgehead atoms. The zero-order chi connectivity index (χ0) is 21.5. The first kappa shape index (κ1) is 25.4. The lowest BCUT2D eigenvalue weighted by Gasteiger charge is -2.20. The number of carbonyl (C=O) groups excluding carboxylic acids is 6. The number of nitrogens with zero attached hydrogens (tertiary/aromatic N) is 1. The van der Waals surface area contributed by atoms with E-state index >= 15 is 0 Å². The van der Waals surface area contributed by atoms with Gasteiger partial charge >= 0.3 is 0 Å². The number of Topliss-reactive ketones (excluding diaryl/α,β-unsaturated/α-hetero) is 3. The third-order valence-corrected chi connectivity index (χ3v) is 3.88. The van der Waals surface area contributed by atoms with Crippen LogP contribution in [0.4, 0.5) is 0 Å². The highest BCUT2D eigenvalue weighted by atomic mass is 16.2. The molecule has 0 aromatic rings. The fraction of sp³-hybridized carbons (Fsp3) is 0.667. The molecule has 158 valence electrons. The highest BCUT2D eigenvalue weighted by Crippen LogP contribution is 2.01. The van der Waals surface area contributed by atoms with Crippen LogP contribution >= 0.6 is 0 Å². The molecular formula is C18H30N4O6. The maximum atomic E-state index is 12.1. The minimum absolute atomic E-state index is 0.0153. The van der Waals surface area contributed by atoms with E-state index < -0.39 is 5.91 Å². The molecule has 10 nitrogen and oxygen atoms in total. The van der Waals surface area contributed by atoms with Gasteiger partial charge in [-0.2, -0.15) is 0 Å². The SMILES string of the molecule is CCC(=O)CCC(=O)CN(CC(=O)CCC(=O)NC)CC(=O)NCC(=O)NC. The van der Waals surface area contributed by atoms with Crippen LogP contribution in [0.2, 0.25) is 0 Å². The van der Waals surface area contributed by atoms with Crippen molar-refractivity contribution in [1.29, 1.82) is 0 Å². The van der Waals surface area contributed by atoms with Crippen molar-refractivity contribution in [3.8, 4) is 0 Å². The van der Waals surface area contributed by atoms with Crippen LogP contribution in [0.3, 0.4) is 0 Å². The summed E-state index contributed by atoms with van der Waals surface area (Å²) < 4.78 is 0. The second-order valence-corrected chi connectivity index (χ2v) is 6.24. The average Bonchev–Trinajstić information content (AvgIpc) is 2.67. The smallest absolute Gasteiger partial charge is 0.239 e. The van der Waals surface area contributed by atoms with Crippen LogP contribution in [0, 0.1) is 0 Å². The largest absolute Gasteiger partial charge is 0.359 e. The van der Waals surface area contributed by atoms with Crippen LogP contribution in [-0.2, 0) is 28.8 Å².